The number of ether oxygens (including phenoxy) is 2. The quantitative estimate of drug-likeness (QED) is 0.701. The van der Waals surface area contributed by atoms with Gasteiger partial charge in [0.25, 0.3) is 5.91 Å². The second-order valence-electron chi connectivity index (χ2n) is 8.76. The molecular formula is C25H30N2O5. The monoisotopic (exact) mass is 438 g/mol. The van der Waals surface area contributed by atoms with E-state index in [0.717, 1.165) is 16.0 Å². The average molecular weight is 439 g/mol. The normalized spacial score (nSPS) is 17.9. The van der Waals surface area contributed by atoms with Crippen LogP contribution in [0.2, 0.25) is 0 Å². The molecule has 3 atom stereocenters. The molecule has 170 valence electrons. The van der Waals surface area contributed by atoms with Crippen LogP contribution in [0, 0.1) is 0 Å². The van der Waals surface area contributed by atoms with Crippen LogP contribution in [-0.2, 0) is 14.3 Å². The molecule has 1 aliphatic rings. The van der Waals surface area contributed by atoms with Crippen molar-refractivity contribution in [2.24, 2.45) is 0 Å². The number of alkyl carbamates (subject to hydrolysis) is 1. The Morgan fingerprint density at radius 3 is 2.25 bits per heavy atom. The lowest BCUT2D eigenvalue weighted by atomic mass is 9.88. The number of nitrogens with zero attached hydrogens (tertiary/aromatic N) is 1. The summed E-state index contributed by atoms with van der Waals surface area (Å²) < 4.78 is 10.6. The van der Waals surface area contributed by atoms with Crippen LogP contribution in [0.5, 0.6) is 0 Å². The van der Waals surface area contributed by atoms with Crippen molar-refractivity contribution in [3.63, 3.8) is 0 Å². The minimum atomic E-state index is -1.01. The summed E-state index contributed by atoms with van der Waals surface area (Å²) in [6, 6.07) is 17.1. The number of benzene rings is 2. The van der Waals surface area contributed by atoms with Crippen LogP contribution in [0.15, 0.2) is 60.7 Å². The van der Waals surface area contributed by atoms with E-state index in [1.54, 1.807) is 20.8 Å². The molecule has 2 aromatic rings. The Morgan fingerprint density at radius 1 is 1.09 bits per heavy atom. The van der Waals surface area contributed by atoms with Gasteiger partial charge in [0, 0.05) is 5.92 Å². The van der Waals surface area contributed by atoms with Crippen molar-refractivity contribution in [1.29, 1.82) is 0 Å². The van der Waals surface area contributed by atoms with E-state index in [2.05, 4.69) is 5.32 Å². The van der Waals surface area contributed by atoms with Gasteiger partial charge in [-0.15, -0.1) is 0 Å². The summed E-state index contributed by atoms with van der Waals surface area (Å²) in [5.74, 6) is -0.885. The van der Waals surface area contributed by atoms with Gasteiger partial charge in [0.1, 0.15) is 24.3 Å². The van der Waals surface area contributed by atoms with Crippen molar-refractivity contribution in [3.05, 3.63) is 71.8 Å². The molecule has 0 radical (unpaired) electrons. The van der Waals surface area contributed by atoms with Gasteiger partial charge in [0.05, 0.1) is 0 Å². The first-order valence-corrected chi connectivity index (χ1v) is 10.8. The Bertz CT molecular complexity index is 940. The summed E-state index contributed by atoms with van der Waals surface area (Å²) in [4.78, 5) is 40.1. The van der Waals surface area contributed by atoms with Gasteiger partial charge in [-0.2, -0.15) is 0 Å². The largest absolute Gasteiger partial charge is 0.446 e. The third-order valence-corrected chi connectivity index (χ3v) is 5.30. The maximum absolute atomic E-state index is 13.8. The molecule has 1 fully saturated rings. The number of hydrogen-bond donors (Lipinski definition) is 1. The number of rotatable bonds is 6. The molecule has 1 aliphatic heterocycles. The van der Waals surface area contributed by atoms with Gasteiger partial charge >= 0.3 is 12.2 Å². The van der Waals surface area contributed by atoms with Gasteiger partial charge in [0.15, 0.2) is 0 Å². The highest BCUT2D eigenvalue weighted by atomic mass is 16.6. The third-order valence-electron chi connectivity index (χ3n) is 5.30. The predicted molar refractivity (Wildman–Crippen MR) is 120 cm³/mol. The molecule has 1 heterocycles. The van der Waals surface area contributed by atoms with Crippen molar-refractivity contribution >= 4 is 18.1 Å². The molecule has 0 unspecified atom stereocenters. The van der Waals surface area contributed by atoms with Crippen molar-refractivity contribution in [2.45, 2.75) is 57.7 Å². The molecule has 7 nitrogen and oxygen atoms in total. The maximum atomic E-state index is 13.8. The molecule has 0 aromatic heterocycles. The number of nitrogens with one attached hydrogen (secondary N) is 1. The van der Waals surface area contributed by atoms with Crippen molar-refractivity contribution in [2.75, 3.05) is 6.61 Å². The van der Waals surface area contributed by atoms with Crippen molar-refractivity contribution in [3.8, 4) is 0 Å². The first kappa shape index (κ1) is 23.3. The molecule has 3 rings (SSSR count). The van der Waals surface area contributed by atoms with Crippen LogP contribution in [0.4, 0.5) is 9.59 Å². The fourth-order valence-corrected chi connectivity index (χ4v) is 3.87. The first-order valence-electron chi connectivity index (χ1n) is 10.8. The standard InChI is InChI=1S/C25H30N2O5/c1-5-19(17-12-8-6-9-13-17)21(26-23(29)32-25(2,3)4)22(28)27-20(16-31-24(27)30)18-14-10-7-11-15-18/h6-15,19-21H,5,16H2,1-4H3,(H,26,29)/t19-,20-,21+/m1/s1. The number of imide groups is 1. The fraction of sp³-hybridized carbons (Fsp3) is 0.400. The molecule has 2 aromatic carbocycles. The van der Waals surface area contributed by atoms with E-state index < -0.39 is 35.8 Å². The average Bonchev–Trinajstić information content (AvgIpc) is 3.14. The second kappa shape index (κ2) is 9.85. The van der Waals surface area contributed by atoms with Crippen molar-refractivity contribution < 1.29 is 23.9 Å². The van der Waals surface area contributed by atoms with Gasteiger partial charge < -0.3 is 14.8 Å². The van der Waals surface area contributed by atoms with Crippen LogP contribution < -0.4 is 5.32 Å². The molecule has 0 aliphatic carbocycles. The molecule has 32 heavy (non-hydrogen) atoms. The van der Waals surface area contributed by atoms with Crippen LogP contribution in [0.25, 0.3) is 0 Å². The third kappa shape index (κ3) is 5.46. The van der Waals surface area contributed by atoms with E-state index in [1.807, 2.05) is 67.6 Å². The van der Waals surface area contributed by atoms with Gasteiger partial charge in [0.2, 0.25) is 0 Å². The Kier molecular flexibility index (Phi) is 7.18. The van der Waals surface area contributed by atoms with E-state index in [0.29, 0.717) is 6.42 Å². The van der Waals surface area contributed by atoms with Gasteiger partial charge in [-0.25, -0.2) is 14.5 Å². The van der Waals surface area contributed by atoms with Crippen LogP contribution in [-0.4, -0.2) is 41.2 Å². The summed E-state index contributed by atoms with van der Waals surface area (Å²) in [6.07, 6.45) is -0.869. The maximum Gasteiger partial charge on any atom is 0.417 e. The van der Waals surface area contributed by atoms with Gasteiger partial charge in [-0.1, -0.05) is 67.6 Å². The highest BCUT2D eigenvalue weighted by molar-refractivity contribution is 5.98. The topological polar surface area (TPSA) is 84.9 Å². The molecule has 0 spiro atoms. The molecule has 3 amide bonds. The highest BCUT2D eigenvalue weighted by Crippen LogP contribution is 2.32. The number of amides is 3. The van der Waals surface area contributed by atoms with Gasteiger partial charge in [-0.3, -0.25) is 4.79 Å². The molecule has 1 saturated heterocycles. The zero-order valence-electron chi connectivity index (χ0n) is 18.9. The smallest absolute Gasteiger partial charge is 0.417 e. The van der Waals surface area contributed by atoms with E-state index in [4.69, 9.17) is 9.47 Å². The Hall–Kier alpha value is -3.35. The lowest BCUT2D eigenvalue weighted by molar-refractivity contribution is -0.132. The highest BCUT2D eigenvalue weighted by Gasteiger charge is 2.44. The van der Waals surface area contributed by atoms with Crippen LogP contribution in [0.3, 0.4) is 0 Å². The summed E-state index contributed by atoms with van der Waals surface area (Å²) in [7, 11) is 0. The SMILES string of the molecule is CC[C@H](c1ccccc1)[C@H](NC(=O)OC(C)(C)C)C(=O)N1C(=O)OC[C@@H]1c1ccccc1. The fourth-order valence-electron chi connectivity index (χ4n) is 3.87. The minimum absolute atomic E-state index is 0.0654. The van der Waals surface area contributed by atoms with Gasteiger partial charge in [-0.05, 0) is 38.3 Å². The Balaban J connectivity index is 1.96. The first-order chi connectivity index (χ1) is 15.2. The minimum Gasteiger partial charge on any atom is -0.446 e. The van der Waals surface area contributed by atoms with E-state index in [1.165, 1.54) is 0 Å². The van der Waals surface area contributed by atoms with E-state index in [-0.39, 0.29) is 12.5 Å². The van der Waals surface area contributed by atoms with Crippen LogP contribution in [0.1, 0.15) is 57.2 Å². The van der Waals surface area contributed by atoms with Crippen molar-refractivity contribution in [1.82, 2.24) is 10.2 Å². The summed E-state index contributed by atoms with van der Waals surface area (Å²) in [5, 5.41) is 2.73. The molecule has 0 saturated carbocycles. The van der Waals surface area contributed by atoms with E-state index in [9.17, 15) is 14.4 Å². The van der Waals surface area contributed by atoms with Crippen LogP contribution >= 0.6 is 0 Å². The zero-order chi connectivity index (χ0) is 23.3. The summed E-state index contributed by atoms with van der Waals surface area (Å²) in [6.45, 7) is 7.26. The molecular weight excluding hydrogens is 408 g/mol. The number of hydrogen-bond acceptors (Lipinski definition) is 5. The number of carbonyl (C=O) groups is 3. The van der Waals surface area contributed by atoms with E-state index >= 15 is 0 Å². The predicted octanol–water partition coefficient (Wildman–Crippen LogP) is 4.79. The number of carbonyl (C=O) groups excluding carboxylic acids is 3. The summed E-state index contributed by atoms with van der Waals surface area (Å²) in [5.41, 5.74) is 0.939. The lowest BCUT2D eigenvalue weighted by Gasteiger charge is -2.31. The Morgan fingerprint density at radius 2 is 1.69 bits per heavy atom. The summed E-state index contributed by atoms with van der Waals surface area (Å²) >= 11 is 0. The second-order valence-corrected chi connectivity index (χ2v) is 8.76. The zero-order valence-corrected chi connectivity index (χ0v) is 18.9. The Labute approximate surface area is 188 Å². The lowest BCUT2D eigenvalue weighted by Crippen LogP contribution is -2.53. The molecule has 7 heteroatoms. The molecule has 1 N–H and O–H groups in total. The molecule has 0 bridgehead atoms. The number of cyclic esters (lactones) is 1.